The van der Waals surface area contributed by atoms with Crippen molar-refractivity contribution in [2.24, 2.45) is 16.6 Å². The first-order valence-corrected chi connectivity index (χ1v) is 12.2. The van der Waals surface area contributed by atoms with Crippen molar-refractivity contribution >= 4 is 12.2 Å². The summed E-state index contributed by atoms with van der Waals surface area (Å²) in [5, 5.41) is 1.64. The largest absolute Gasteiger partial charge is 0.460 e. The highest BCUT2D eigenvalue weighted by atomic mass is 19.4. The number of primary amides is 1. The van der Waals surface area contributed by atoms with Gasteiger partial charge in [-0.1, -0.05) is 20.8 Å². The highest BCUT2D eigenvalue weighted by Crippen LogP contribution is 2.57. The maximum absolute atomic E-state index is 14.5. The molecular formula is C22H24F18N2O4. The molecule has 0 aromatic carbocycles. The molecule has 0 spiro atoms. The van der Waals surface area contributed by atoms with Gasteiger partial charge in [-0.2, -0.15) is 79.0 Å². The highest BCUT2D eigenvalue weighted by molar-refractivity contribution is 5.67. The number of nitrogens with one attached hydrogen (secondary N) is 1. The fourth-order valence-corrected chi connectivity index (χ4v) is 5.09. The second kappa shape index (κ2) is 12.1. The van der Waals surface area contributed by atoms with Crippen molar-refractivity contribution in [3.63, 3.8) is 0 Å². The highest BCUT2D eigenvalue weighted by Gasteiger charge is 2.83. The molecular weight excluding hydrogens is 698 g/mol. The molecule has 6 nitrogen and oxygen atoms in total. The number of carbonyl (C=O) groups excluding carboxylic acids is 2. The molecule has 3 N–H and O–H groups in total. The van der Waals surface area contributed by atoms with Crippen LogP contribution in [0.15, 0.2) is 0 Å². The van der Waals surface area contributed by atoms with E-state index in [2.05, 4.69) is 9.47 Å². The van der Waals surface area contributed by atoms with Crippen LogP contribution in [0.2, 0.25) is 0 Å². The quantitative estimate of drug-likeness (QED) is 0.211. The van der Waals surface area contributed by atoms with E-state index in [9.17, 15) is 88.6 Å². The van der Waals surface area contributed by atoms with Gasteiger partial charge in [0.15, 0.2) is 6.61 Å². The van der Waals surface area contributed by atoms with Crippen molar-refractivity contribution in [2.75, 3.05) is 6.61 Å². The third-order valence-electron chi connectivity index (χ3n) is 7.00. The lowest BCUT2D eigenvalue weighted by molar-refractivity contribution is -0.399. The molecule has 1 aliphatic rings. The van der Waals surface area contributed by atoms with E-state index < -0.39 is 115 Å². The van der Waals surface area contributed by atoms with Crippen LogP contribution in [0.25, 0.3) is 0 Å². The van der Waals surface area contributed by atoms with Crippen molar-refractivity contribution in [1.29, 1.82) is 0 Å². The average Bonchev–Trinajstić information content (AvgIpc) is 2.78. The van der Waals surface area contributed by atoms with Gasteiger partial charge in [0.1, 0.15) is 6.10 Å². The number of alkyl carbamates (subject to hydrolysis) is 1. The zero-order valence-electron chi connectivity index (χ0n) is 23.2. The monoisotopic (exact) mass is 722 g/mol. The lowest BCUT2D eigenvalue weighted by atomic mass is 9.59. The Kier molecular flexibility index (Phi) is 10.8. The fourth-order valence-electron chi connectivity index (χ4n) is 5.09. The van der Waals surface area contributed by atoms with Gasteiger partial charge in [-0.05, 0) is 24.7 Å². The zero-order valence-corrected chi connectivity index (χ0v) is 23.2. The van der Waals surface area contributed by atoms with Crippen LogP contribution in [0.1, 0.15) is 46.5 Å². The minimum absolute atomic E-state index is 0.390. The Hall–Kier alpha value is -2.72. The molecule has 0 radical (unpaired) electrons. The van der Waals surface area contributed by atoms with Gasteiger partial charge in [0.25, 0.3) is 0 Å². The maximum Gasteiger partial charge on any atom is 0.460 e. The molecule has 0 aromatic rings. The third kappa shape index (κ3) is 7.87. The summed E-state index contributed by atoms with van der Waals surface area (Å²) in [7, 11) is 0. The van der Waals surface area contributed by atoms with Crippen LogP contribution in [-0.2, 0) is 9.47 Å². The summed E-state index contributed by atoms with van der Waals surface area (Å²) in [4.78, 5) is 23.4. The predicted molar refractivity (Wildman–Crippen MR) is 115 cm³/mol. The fraction of sp³-hybridized carbons (Fsp3) is 0.909. The molecule has 1 saturated carbocycles. The number of alkyl halides is 18. The van der Waals surface area contributed by atoms with Crippen LogP contribution in [0.3, 0.4) is 0 Å². The molecule has 272 valence electrons. The Bertz CT molecular complexity index is 1120. The van der Waals surface area contributed by atoms with Crippen LogP contribution >= 0.6 is 0 Å². The molecule has 0 aliphatic heterocycles. The number of halogens is 18. The van der Waals surface area contributed by atoms with E-state index in [1.54, 1.807) is 5.32 Å². The Balaban J connectivity index is 3.32. The average molecular weight is 722 g/mol. The van der Waals surface area contributed by atoms with Gasteiger partial charge in [0.2, 0.25) is 0 Å². The normalized spacial score (nSPS) is 23.0. The van der Waals surface area contributed by atoms with Crippen LogP contribution in [0, 0.1) is 10.8 Å². The van der Waals surface area contributed by atoms with Gasteiger partial charge >= 0.3 is 60.1 Å². The molecule has 0 bridgehead atoms. The molecule has 1 rings (SSSR count). The van der Waals surface area contributed by atoms with E-state index >= 15 is 0 Å². The molecule has 3 atom stereocenters. The molecule has 1 aliphatic carbocycles. The van der Waals surface area contributed by atoms with Gasteiger partial charge in [-0.25, -0.2) is 9.59 Å². The van der Waals surface area contributed by atoms with Gasteiger partial charge in [0.05, 0.1) is 6.42 Å². The van der Waals surface area contributed by atoms with E-state index in [1.807, 2.05) is 0 Å². The second-order valence-electron chi connectivity index (χ2n) is 11.7. The number of rotatable bonds is 11. The maximum atomic E-state index is 14.5. The number of amides is 2. The predicted octanol–water partition coefficient (Wildman–Crippen LogP) is 8.09. The smallest absolute Gasteiger partial charge is 0.446 e. The van der Waals surface area contributed by atoms with Crippen LogP contribution < -0.4 is 11.1 Å². The first-order chi connectivity index (χ1) is 19.9. The summed E-state index contributed by atoms with van der Waals surface area (Å²) in [6.45, 7) is 0.174. The second-order valence-corrected chi connectivity index (χ2v) is 11.7. The van der Waals surface area contributed by atoms with Gasteiger partial charge < -0.3 is 20.5 Å². The summed E-state index contributed by atoms with van der Waals surface area (Å²) in [5.74, 6) is -41.6. The molecule has 46 heavy (non-hydrogen) atoms. The molecule has 0 heterocycles. The molecule has 0 aromatic heterocycles. The van der Waals surface area contributed by atoms with Gasteiger partial charge in [-0.3, -0.25) is 0 Å². The SMILES string of the molecule is CC1(C)CC(NC(=O)OCC(F)(F)C(F)(F)C(F)(F)C(F)(F)F)CC(C)(C(CC(F)(F)C(F)(F)C(F)(F)C(F)(F)F)OC(N)=O)C1. The first-order valence-electron chi connectivity index (χ1n) is 12.2. The summed E-state index contributed by atoms with van der Waals surface area (Å²) >= 11 is 0. The van der Waals surface area contributed by atoms with Crippen molar-refractivity contribution in [2.45, 2.75) is 106 Å². The molecule has 0 saturated heterocycles. The number of nitrogens with two attached hydrogens (primary N) is 1. The Labute approximate surface area is 246 Å². The van der Waals surface area contributed by atoms with Gasteiger partial charge in [-0.15, -0.1) is 0 Å². The number of ether oxygens (including phenoxy) is 2. The summed E-state index contributed by atoms with van der Waals surface area (Å²) < 4.78 is 246. The van der Waals surface area contributed by atoms with Crippen LogP contribution in [0.5, 0.6) is 0 Å². The van der Waals surface area contributed by atoms with Crippen LogP contribution in [-0.4, -0.2) is 78.8 Å². The van der Waals surface area contributed by atoms with Crippen molar-refractivity contribution in [3.8, 4) is 0 Å². The molecule has 3 unspecified atom stereocenters. The minimum atomic E-state index is -7.33. The first kappa shape index (κ1) is 41.3. The standard InChI is InChI=1S/C22H24F18N2O4/c1-13(2)4-9(42-12(44)45-8-16(25,26)18(29,30)20(33,34)22(38,39)40)5-14(3,7-13)10(46-11(41)43)6-15(23,24)17(27,28)19(31,32)21(35,36)37/h9-10H,4-8H2,1-3H3,(H2,41,43)(H,42,44). The summed E-state index contributed by atoms with van der Waals surface area (Å²) in [6, 6.07) is -1.64. The van der Waals surface area contributed by atoms with E-state index in [0.717, 1.165) is 6.92 Å². The Morgan fingerprint density at radius 3 is 1.52 bits per heavy atom. The minimum Gasteiger partial charge on any atom is -0.446 e. The van der Waals surface area contributed by atoms with Gasteiger partial charge in [0, 0.05) is 11.5 Å². The van der Waals surface area contributed by atoms with Crippen LogP contribution in [0.4, 0.5) is 88.6 Å². The lowest BCUT2D eigenvalue weighted by Crippen LogP contribution is -2.63. The Morgan fingerprint density at radius 1 is 0.717 bits per heavy atom. The third-order valence-corrected chi connectivity index (χ3v) is 7.00. The molecule has 24 heteroatoms. The van der Waals surface area contributed by atoms with E-state index in [0.29, 0.717) is 0 Å². The summed E-state index contributed by atoms with van der Waals surface area (Å²) in [6.07, 6.45) is -26.0. The number of hydrogen-bond acceptors (Lipinski definition) is 4. The van der Waals surface area contributed by atoms with E-state index in [4.69, 9.17) is 5.73 Å². The van der Waals surface area contributed by atoms with E-state index in [1.165, 1.54) is 13.8 Å². The lowest BCUT2D eigenvalue weighted by Gasteiger charge is -2.50. The van der Waals surface area contributed by atoms with Crippen molar-refractivity contribution in [1.82, 2.24) is 5.32 Å². The van der Waals surface area contributed by atoms with E-state index in [-0.39, 0.29) is 0 Å². The topological polar surface area (TPSA) is 90.7 Å². The Morgan fingerprint density at radius 2 is 1.13 bits per heavy atom. The summed E-state index contributed by atoms with van der Waals surface area (Å²) in [5.41, 5.74) is 1.16. The number of hydrogen-bond donors (Lipinski definition) is 2. The molecule has 1 fully saturated rings. The zero-order chi connectivity index (χ0) is 37.0. The number of carbonyl (C=O) groups is 2. The molecule has 2 amide bonds. The van der Waals surface area contributed by atoms with Crippen molar-refractivity contribution < 1.29 is 98.1 Å². The van der Waals surface area contributed by atoms with Crippen molar-refractivity contribution in [3.05, 3.63) is 0 Å².